The first kappa shape index (κ1) is 14.3. The maximum Gasteiger partial charge on any atom is 0.250 e. The summed E-state index contributed by atoms with van der Waals surface area (Å²) in [6, 6.07) is 4.04. The zero-order valence-electron chi connectivity index (χ0n) is 12.1. The summed E-state index contributed by atoms with van der Waals surface area (Å²) < 4.78 is 7.46. The van der Waals surface area contributed by atoms with Crippen molar-refractivity contribution >= 4 is 0 Å². The summed E-state index contributed by atoms with van der Waals surface area (Å²) in [4.78, 5) is 12.0. The van der Waals surface area contributed by atoms with Gasteiger partial charge in [-0.25, -0.2) is 0 Å². The Hall–Kier alpha value is -1.13. The Bertz CT molecular complexity index is 480. The summed E-state index contributed by atoms with van der Waals surface area (Å²) in [5, 5.41) is 3.33. The number of nitrogens with zero attached hydrogens (tertiary/aromatic N) is 1. The van der Waals surface area contributed by atoms with Crippen LogP contribution in [0.3, 0.4) is 0 Å². The molecule has 0 bridgehead atoms. The molecule has 1 aliphatic carbocycles. The first-order valence-electron chi connectivity index (χ1n) is 7.15. The quantitative estimate of drug-likeness (QED) is 0.883. The maximum atomic E-state index is 12.0. The standard InChI is InChI=1S/C15H24N2O2/c1-11(2)19-10-9-17-14-6-4-5-13(16-3)12(14)7-8-15(17)18/h7-8,11,13,16H,4-6,9-10H2,1-3H3. The van der Waals surface area contributed by atoms with Crippen LogP contribution in [0.25, 0.3) is 0 Å². The highest BCUT2D eigenvalue weighted by Crippen LogP contribution is 2.28. The maximum absolute atomic E-state index is 12.0. The summed E-state index contributed by atoms with van der Waals surface area (Å²) in [6.07, 6.45) is 3.47. The van der Waals surface area contributed by atoms with E-state index in [9.17, 15) is 4.79 Å². The second kappa shape index (κ2) is 6.35. The zero-order chi connectivity index (χ0) is 13.8. The highest BCUT2D eigenvalue weighted by molar-refractivity contribution is 5.27. The van der Waals surface area contributed by atoms with E-state index in [1.165, 1.54) is 11.3 Å². The molecule has 4 nitrogen and oxygen atoms in total. The van der Waals surface area contributed by atoms with E-state index in [1.807, 2.05) is 31.5 Å². The summed E-state index contributed by atoms with van der Waals surface area (Å²) in [5.74, 6) is 0. The first-order chi connectivity index (χ1) is 9.13. The summed E-state index contributed by atoms with van der Waals surface area (Å²) in [5.41, 5.74) is 2.55. The van der Waals surface area contributed by atoms with Gasteiger partial charge in [-0.2, -0.15) is 0 Å². The molecule has 1 atom stereocenters. The lowest BCUT2D eigenvalue weighted by molar-refractivity contribution is 0.0716. The van der Waals surface area contributed by atoms with Crippen LogP contribution in [0.2, 0.25) is 0 Å². The molecule has 0 aromatic carbocycles. The molecule has 0 radical (unpaired) electrons. The van der Waals surface area contributed by atoms with Crippen molar-refractivity contribution in [1.29, 1.82) is 0 Å². The Balaban J connectivity index is 2.24. The summed E-state index contributed by atoms with van der Waals surface area (Å²) in [7, 11) is 1.98. The van der Waals surface area contributed by atoms with Crippen molar-refractivity contribution in [2.75, 3.05) is 13.7 Å². The van der Waals surface area contributed by atoms with Crippen molar-refractivity contribution in [3.05, 3.63) is 33.7 Å². The van der Waals surface area contributed by atoms with Gasteiger partial charge in [0.25, 0.3) is 5.56 Å². The fourth-order valence-corrected chi connectivity index (χ4v) is 2.79. The van der Waals surface area contributed by atoms with E-state index in [0.29, 0.717) is 19.2 Å². The van der Waals surface area contributed by atoms with E-state index in [0.717, 1.165) is 19.3 Å². The molecule has 1 aliphatic rings. The smallest absolute Gasteiger partial charge is 0.250 e. The Morgan fingerprint density at radius 2 is 2.26 bits per heavy atom. The summed E-state index contributed by atoms with van der Waals surface area (Å²) >= 11 is 0. The molecule has 0 amide bonds. The number of aromatic nitrogens is 1. The third-order valence-corrected chi connectivity index (χ3v) is 3.73. The molecule has 0 spiro atoms. The SMILES string of the molecule is CNC1CCCc2c1ccc(=O)n2CCOC(C)C. The minimum Gasteiger partial charge on any atom is -0.377 e. The van der Waals surface area contributed by atoms with E-state index in [2.05, 4.69) is 5.32 Å². The molecule has 0 saturated carbocycles. The molecule has 1 aromatic rings. The van der Waals surface area contributed by atoms with Crippen molar-refractivity contribution in [2.45, 2.75) is 51.8 Å². The molecule has 0 saturated heterocycles. The van der Waals surface area contributed by atoms with Gasteiger partial charge in [0.15, 0.2) is 0 Å². The second-order valence-electron chi connectivity index (χ2n) is 5.38. The van der Waals surface area contributed by atoms with E-state index >= 15 is 0 Å². The predicted molar refractivity (Wildman–Crippen MR) is 76.5 cm³/mol. The van der Waals surface area contributed by atoms with Gasteiger partial charge in [0.2, 0.25) is 0 Å². The number of ether oxygens (including phenoxy) is 1. The van der Waals surface area contributed by atoms with Crippen LogP contribution in [-0.2, 0) is 17.7 Å². The van der Waals surface area contributed by atoms with Crippen molar-refractivity contribution < 1.29 is 4.74 Å². The Labute approximate surface area is 114 Å². The van der Waals surface area contributed by atoms with Crippen molar-refractivity contribution in [1.82, 2.24) is 9.88 Å². The van der Waals surface area contributed by atoms with Gasteiger partial charge in [-0.1, -0.05) is 6.07 Å². The van der Waals surface area contributed by atoms with Crippen LogP contribution < -0.4 is 10.9 Å². The lowest BCUT2D eigenvalue weighted by Gasteiger charge is -2.27. The second-order valence-corrected chi connectivity index (χ2v) is 5.38. The molecule has 0 aliphatic heterocycles. The molecule has 1 aromatic heterocycles. The molecular weight excluding hydrogens is 240 g/mol. The Kier molecular flexibility index (Phi) is 4.77. The number of nitrogens with one attached hydrogen (secondary N) is 1. The third-order valence-electron chi connectivity index (χ3n) is 3.73. The zero-order valence-corrected chi connectivity index (χ0v) is 12.1. The minimum atomic E-state index is 0.0860. The van der Waals surface area contributed by atoms with Gasteiger partial charge in [0, 0.05) is 24.3 Å². The Morgan fingerprint density at radius 3 is 2.95 bits per heavy atom. The monoisotopic (exact) mass is 264 g/mol. The summed E-state index contributed by atoms with van der Waals surface area (Å²) in [6.45, 7) is 5.27. The van der Waals surface area contributed by atoms with Crippen LogP contribution in [0.1, 0.15) is 44.0 Å². The number of rotatable bonds is 5. The van der Waals surface area contributed by atoms with Crippen LogP contribution in [0.15, 0.2) is 16.9 Å². The van der Waals surface area contributed by atoms with Crippen LogP contribution in [-0.4, -0.2) is 24.3 Å². The first-order valence-corrected chi connectivity index (χ1v) is 7.15. The molecular formula is C15H24N2O2. The number of fused-ring (bicyclic) bond motifs is 1. The molecule has 1 unspecified atom stereocenters. The number of hydrogen-bond acceptors (Lipinski definition) is 3. The number of pyridine rings is 1. The lowest BCUT2D eigenvalue weighted by atomic mass is 9.91. The fourth-order valence-electron chi connectivity index (χ4n) is 2.79. The van der Waals surface area contributed by atoms with Gasteiger partial charge < -0.3 is 14.6 Å². The molecule has 1 heterocycles. The molecule has 106 valence electrons. The molecule has 19 heavy (non-hydrogen) atoms. The van der Waals surface area contributed by atoms with Crippen LogP contribution in [0.4, 0.5) is 0 Å². The van der Waals surface area contributed by atoms with Gasteiger partial charge in [-0.15, -0.1) is 0 Å². The molecule has 0 fully saturated rings. The highest BCUT2D eigenvalue weighted by Gasteiger charge is 2.21. The van der Waals surface area contributed by atoms with Crippen molar-refractivity contribution in [2.24, 2.45) is 0 Å². The molecule has 1 N–H and O–H groups in total. The normalized spacial score (nSPS) is 18.6. The Morgan fingerprint density at radius 1 is 1.47 bits per heavy atom. The average molecular weight is 264 g/mol. The van der Waals surface area contributed by atoms with E-state index in [1.54, 1.807) is 6.07 Å². The van der Waals surface area contributed by atoms with Gasteiger partial charge in [0.05, 0.1) is 12.7 Å². The average Bonchev–Trinajstić information content (AvgIpc) is 2.40. The lowest BCUT2D eigenvalue weighted by Crippen LogP contribution is -2.31. The van der Waals surface area contributed by atoms with Crippen molar-refractivity contribution in [3.63, 3.8) is 0 Å². The highest BCUT2D eigenvalue weighted by atomic mass is 16.5. The molecule has 2 rings (SSSR count). The molecule has 4 heteroatoms. The van der Waals surface area contributed by atoms with E-state index in [4.69, 9.17) is 4.74 Å². The minimum absolute atomic E-state index is 0.0860. The van der Waals surface area contributed by atoms with Crippen LogP contribution in [0, 0.1) is 0 Å². The van der Waals surface area contributed by atoms with Crippen LogP contribution >= 0.6 is 0 Å². The van der Waals surface area contributed by atoms with Gasteiger partial charge in [-0.05, 0) is 45.7 Å². The fraction of sp³-hybridized carbons (Fsp3) is 0.667. The van der Waals surface area contributed by atoms with Gasteiger partial charge in [0.1, 0.15) is 0 Å². The van der Waals surface area contributed by atoms with Gasteiger partial charge in [-0.3, -0.25) is 4.79 Å². The van der Waals surface area contributed by atoms with E-state index in [-0.39, 0.29) is 11.7 Å². The van der Waals surface area contributed by atoms with Gasteiger partial charge >= 0.3 is 0 Å². The largest absolute Gasteiger partial charge is 0.377 e. The predicted octanol–water partition coefficient (Wildman–Crippen LogP) is 1.87. The third kappa shape index (κ3) is 3.25. The topological polar surface area (TPSA) is 43.3 Å². The van der Waals surface area contributed by atoms with Crippen molar-refractivity contribution in [3.8, 4) is 0 Å². The van der Waals surface area contributed by atoms with Crippen LogP contribution in [0.5, 0.6) is 0 Å². The van der Waals surface area contributed by atoms with E-state index < -0.39 is 0 Å². The number of hydrogen-bond donors (Lipinski definition) is 1.